The summed E-state index contributed by atoms with van der Waals surface area (Å²) in [4.78, 5) is 4.05. The maximum absolute atomic E-state index is 11.7. The molecule has 1 aromatic rings. The average Bonchev–Trinajstić information content (AvgIpc) is 2.45. The summed E-state index contributed by atoms with van der Waals surface area (Å²) < 4.78 is 27.7. The molecule has 78 valence electrons. The highest BCUT2D eigenvalue weighted by Crippen LogP contribution is 2.27. The van der Waals surface area contributed by atoms with Gasteiger partial charge in [-0.25, -0.2) is 9.29 Å². The van der Waals surface area contributed by atoms with E-state index in [1.54, 1.807) is 13.4 Å². The first-order valence-corrected chi connectivity index (χ1v) is 5.54. The predicted molar refractivity (Wildman–Crippen MR) is 52.0 cm³/mol. The van der Waals surface area contributed by atoms with Crippen molar-refractivity contribution in [3.63, 3.8) is 0 Å². The van der Waals surface area contributed by atoms with Gasteiger partial charge in [-0.3, -0.25) is 0 Å². The highest BCUT2D eigenvalue weighted by Gasteiger charge is 2.34. The van der Waals surface area contributed by atoms with Crippen LogP contribution in [0.15, 0.2) is 6.33 Å². The summed E-state index contributed by atoms with van der Waals surface area (Å²) in [7, 11) is 1.57. The molecule has 0 aliphatic carbocycles. The van der Waals surface area contributed by atoms with E-state index in [9.17, 15) is 8.42 Å². The van der Waals surface area contributed by atoms with Gasteiger partial charge in [0.25, 0.3) is 0 Å². The van der Waals surface area contributed by atoms with Crippen molar-refractivity contribution in [1.29, 1.82) is 0 Å². The fourth-order valence-corrected chi connectivity index (χ4v) is 2.57. The molecule has 0 unspecified atom stereocenters. The fourth-order valence-electron chi connectivity index (χ4n) is 1.50. The van der Waals surface area contributed by atoms with Crippen molar-refractivity contribution in [3.8, 4) is 0 Å². The number of nitrogens with zero attached hydrogens (tertiary/aromatic N) is 4. The first-order valence-electron chi connectivity index (χ1n) is 4.15. The fraction of sp³-hybridized carbons (Fsp3) is 0.571. The SMILES string of the molecule is CN1Cc2c(ncn2C)N(C)S1(=O)=O. The van der Waals surface area contributed by atoms with E-state index in [1.807, 2.05) is 11.6 Å². The van der Waals surface area contributed by atoms with Crippen molar-refractivity contribution < 1.29 is 8.42 Å². The number of aryl methyl sites for hydroxylation is 1. The first kappa shape index (κ1) is 9.47. The molecule has 0 saturated carbocycles. The number of anilines is 1. The largest absolute Gasteiger partial charge is 0.335 e. The van der Waals surface area contributed by atoms with Crippen LogP contribution in [0.2, 0.25) is 0 Å². The zero-order chi connectivity index (χ0) is 10.5. The Kier molecular flexibility index (Phi) is 1.83. The molecule has 1 aliphatic rings. The smallest absolute Gasteiger partial charge is 0.305 e. The van der Waals surface area contributed by atoms with Gasteiger partial charge in [-0.05, 0) is 0 Å². The molecule has 0 N–H and O–H groups in total. The third-order valence-corrected chi connectivity index (χ3v) is 4.23. The van der Waals surface area contributed by atoms with Gasteiger partial charge in [0.1, 0.15) is 0 Å². The van der Waals surface area contributed by atoms with Crippen LogP contribution >= 0.6 is 0 Å². The molecule has 2 rings (SSSR count). The van der Waals surface area contributed by atoms with Crippen LogP contribution in [0.4, 0.5) is 5.82 Å². The molecule has 0 atom stereocenters. The van der Waals surface area contributed by atoms with E-state index in [1.165, 1.54) is 15.7 Å². The molecule has 0 fully saturated rings. The van der Waals surface area contributed by atoms with E-state index < -0.39 is 10.2 Å². The maximum Gasteiger partial charge on any atom is 0.305 e. The summed E-state index contributed by atoms with van der Waals surface area (Å²) in [5, 5.41) is 0. The quantitative estimate of drug-likeness (QED) is 0.590. The minimum absolute atomic E-state index is 0.374. The lowest BCUT2D eigenvalue weighted by Crippen LogP contribution is -2.43. The van der Waals surface area contributed by atoms with Gasteiger partial charge in [0.05, 0.1) is 18.6 Å². The summed E-state index contributed by atoms with van der Waals surface area (Å²) in [6.07, 6.45) is 1.62. The van der Waals surface area contributed by atoms with E-state index in [2.05, 4.69) is 4.98 Å². The van der Waals surface area contributed by atoms with Gasteiger partial charge in [0.2, 0.25) is 0 Å². The monoisotopic (exact) mass is 216 g/mol. The highest BCUT2D eigenvalue weighted by molar-refractivity contribution is 7.90. The average molecular weight is 216 g/mol. The minimum Gasteiger partial charge on any atom is -0.335 e. The van der Waals surface area contributed by atoms with Gasteiger partial charge < -0.3 is 4.57 Å². The standard InChI is InChI=1S/C7H12N4O2S/c1-9-5-8-7-6(9)4-10(2)14(12,13)11(7)3/h5H,4H2,1-3H3. The molecular weight excluding hydrogens is 204 g/mol. The molecular formula is C7H12N4O2S. The zero-order valence-electron chi connectivity index (χ0n) is 8.30. The Morgan fingerprint density at radius 3 is 2.64 bits per heavy atom. The van der Waals surface area contributed by atoms with E-state index in [0.29, 0.717) is 12.4 Å². The lowest BCUT2D eigenvalue weighted by atomic mass is 10.4. The lowest BCUT2D eigenvalue weighted by Gasteiger charge is -2.30. The van der Waals surface area contributed by atoms with Crippen molar-refractivity contribution in [2.75, 3.05) is 18.4 Å². The topological polar surface area (TPSA) is 58.4 Å². The summed E-state index contributed by atoms with van der Waals surface area (Å²) in [5.74, 6) is 0.519. The Labute approximate surface area is 82.9 Å². The predicted octanol–water partition coefficient (Wildman–Crippen LogP) is -0.454. The summed E-state index contributed by atoms with van der Waals surface area (Å²) >= 11 is 0. The normalized spacial score (nSPS) is 20.9. The van der Waals surface area contributed by atoms with Gasteiger partial charge in [0.15, 0.2) is 5.82 Å². The minimum atomic E-state index is -3.35. The van der Waals surface area contributed by atoms with Crippen LogP contribution in [0, 0.1) is 0 Å². The highest BCUT2D eigenvalue weighted by atomic mass is 32.2. The third kappa shape index (κ3) is 1.05. The molecule has 6 nitrogen and oxygen atoms in total. The molecule has 1 aromatic heterocycles. The number of imidazole rings is 1. The molecule has 0 bridgehead atoms. The summed E-state index contributed by atoms with van der Waals surface area (Å²) in [5.41, 5.74) is 0.907. The summed E-state index contributed by atoms with van der Waals surface area (Å²) in [6, 6.07) is 0. The molecule has 14 heavy (non-hydrogen) atoms. The molecule has 0 radical (unpaired) electrons. The Bertz CT molecular complexity index is 464. The lowest BCUT2D eigenvalue weighted by molar-refractivity contribution is 0.447. The molecule has 0 spiro atoms. The number of hydrogen-bond acceptors (Lipinski definition) is 3. The van der Waals surface area contributed by atoms with Gasteiger partial charge in [-0.2, -0.15) is 12.7 Å². The molecule has 2 heterocycles. The van der Waals surface area contributed by atoms with Crippen molar-refractivity contribution in [1.82, 2.24) is 13.9 Å². The number of rotatable bonds is 0. The van der Waals surface area contributed by atoms with Crippen LogP contribution in [0.1, 0.15) is 5.69 Å². The Morgan fingerprint density at radius 2 is 2.00 bits per heavy atom. The van der Waals surface area contributed by atoms with Crippen molar-refractivity contribution in [3.05, 3.63) is 12.0 Å². The van der Waals surface area contributed by atoms with Crippen LogP contribution in [-0.4, -0.2) is 36.4 Å². The van der Waals surface area contributed by atoms with E-state index >= 15 is 0 Å². The summed E-state index contributed by atoms with van der Waals surface area (Å²) in [6.45, 7) is 0.374. The van der Waals surface area contributed by atoms with E-state index in [4.69, 9.17) is 0 Å². The van der Waals surface area contributed by atoms with Crippen LogP contribution in [0.25, 0.3) is 0 Å². The molecule has 0 amide bonds. The van der Waals surface area contributed by atoms with Crippen LogP contribution in [0.5, 0.6) is 0 Å². The molecule has 0 saturated heterocycles. The van der Waals surface area contributed by atoms with Gasteiger partial charge >= 0.3 is 10.2 Å². The molecule has 1 aliphatic heterocycles. The number of fused-ring (bicyclic) bond motifs is 1. The van der Waals surface area contributed by atoms with E-state index in [-0.39, 0.29) is 0 Å². The van der Waals surface area contributed by atoms with Crippen molar-refractivity contribution in [2.45, 2.75) is 6.54 Å². The van der Waals surface area contributed by atoms with Crippen LogP contribution < -0.4 is 4.31 Å². The molecule has 7 heteroatoms. The van der Waals surface area contributed by atoms with Crippen LogP contribution in [0.3, 0.4) is 0 Å². The zero-order valence-corrected chi connectivity index (χ0v) is 9.11. The second-order valence-electron chi connectivity index (χ2n) is 3.36. The number of hydrogen-bond donors (Lipinski definition) is 0. The van der Waals surface area contributed by atoms with Crippen LogP contribution in [-0.2, 0) is 23.8 Å². The Morgan fingerprint density at radius 1 is 1.36 bits per heavy atom. The van der Waals surface area contributed by atoms with Gasteiger partial charge in [-0.1, -0.05) is 0 Å². The Balaban J connectivity index is 2.62. The Hall–Kier alpha value is -1.08. The first-order chi connectivity index (χ1) is 6.44. The second-order valence-corrected chi connectivity index (χ2v) is 5.42. The van der Waals surface area contributed by atoms with E-state index in [0.717, 1.165) is 5.69 Å². The van der Waals surface area contributed by atoms with Crippen molar-refractivity contribution >= 4 is 16.0 Å². The number of aromatic nitrogens is 2. The third-order valence-electron chi connectivity index (χ3n) is 2.45. The van der Waals surface area contributed by atoms with Gasteiger partial charge in [-0.15, -0.1) is 0 Å². The maximum atomic E-state index is 11.7. The van der Waals surface area contributed by atoms with Crippen molar-refractivity contribution in [2.24, 2.45) is 7.05 Å². The second kappa shape index (κ2) is 2.71. The van der Waals surface area contributed by atoms with Gasteiger partial charge in [0, 0.05) is 21.1 Å². The molecule has 0 aromatic carbocycles.